The van der Waals surface area contributed by atoms with Crippen molar-refractivity contribution in [2.24, 2.45) is 0 Å². The highest BCUT2D eigenvalue weighted by molar-refractivity contribution is 5.94. The Morgan fingerprint density at radius 2 is 2.03 bits per heavy atom. The fraction of sp³-hybridized carbons (Fsp3) is 0.500. The van der Waals surface area contributed by atoms with E-state index in [2.05, 4.69) is 15.2 Å². The van der Waals surface area contributed by atoms with Gasteiger partial charge in [0.15, 0.2) is 5.65 Å². The fourth-order valence-corrected chi connectivity index (χ4v) is 4.24. The number of aromatic nitrogens is 3. The van der Waals surface area contributed by atoms with Gasteiger partial charge in [0.05, 0.1) is 18.7 Å². The first-order chi connectivity index (χ1) is 14.6. The van der Waals surface area contributed by atoms with Crippen LogP contribution in [0.3, 0.4) is 0 Å². The molecule has 2 aromatic heterocycles. The maximum absolute atomic E-state index is 13.1. The lowest BCUT2D eigenvalue weighted by Gasteiger charge is -2.26. The average molecular weight is 412 g/mol. The molecule has 8 heteroatoms. The summed E-state index contributed by atoms with van der Waals surface area (Å²) in [6, 6.07) is 8.91. The Morgan fingerprint density at radius 3 is 2.80 bits per heavy atom. The van der Waals surface area contributed by atoms with E-state index in [9.17, 15) is 9.59 Å². The number of nitrogens with one attached hydrogen (secondary N) is 1. The maximum atomic E-state index is 13.1. The quantitative estimate of drug-likeness (QED) is 0.599. The van der Waals surface area contributed by atoms with E-state index < -0.39 is 6.04 Å². The summed E-state index contributed by atoms with van der Waals surface area (Å²) < 4.78 is 9.25. The number of para-hydroxylation sites is 1. The number of amides is 1. The SMILES string of the molecule is CC[C@H](C(=O)NCCCN1CCOCC1)n1c2ccccc2c2nc(=O)cc(C)n21. The number of hydrogen-bond donors (Lipinski definition) is 1. The lowest BCUT2D eigenvalue weighted by molar-refractivity contribution is -0.124. The van der Waals surface area contributed by atoms with Crippen molar-refractivity contribution < 1.29 is 9.53 Å². The number of ether oxygens (including phenoxy) is 1. The number of hydrogen-bond acceptors (Lipinski definition) is 5. The molecule has 1 amide bonds. The molecule has 30 heavy (non-hydrogen) atoms. The summed E-state index contributed by atoms with van der Waals surface area (Å²) in [4.78, 5) is 31.7. The molecule has 0 saturated carbocycles. The van der Waals surface area contributed by atoms with Gasteiger partial charge >= 0.3 is 0 Å². The number of benzene rings is 1. The average Bonchev–Trinajstić information content (AvgIpc) is 3.07. The van der Waals surface area contributed by atoms with Crippen LogP contribution in [-0.2, 0) is 9.53 Å². The predicted octanol–water partition coefficient (Wildman–Crippen LogP) is 1.75. The third kappa shape index (κ3) is 3.97. The number of rotatable bonds is 7. The van der Waals surface area contributed by atoms with Crippen LogP contribution in [-0.4, -0.2) is 64.4 Å². The topological polar surface area (TPSA) is 80.9 Å². The van der Waals surface area contributed by atoms with Gasteiger partial charge in [-0.25, -0.2) is 4.52 Å². The number of fused-ring (bicyclic) bond motifs is 3. The summed E-state index contributed by atoms with van der Waals surface area (Å²) in [5, 5.41) is 3.98. The minimum absolute atomic E-state index is 0.0137. The van der Waals surface area contributed by atoms with Gasteiger partial charge in [-0.3, -0.25) is 19.2 Å². The normalized spacial score (nSPS) is 16.2. The number of carbonyl (C=O) groups excluding carboxylic acids is 1. The van der Waals surface area contributed by atoms with Gasteiger partial charge in [-0.15, -0.1) is 0 Å². The van der Waals surface area contributed by atoms with E-state index in [1.807, 2.05) is 47.3 Å². The minimum Gasteiger partial charge on any atom is -0.379 e. The Balaban J connectivity index is 1.57. The van der Waals surface area contributed by atoms with Crippen LogP contribution in [0.15, 0.2) is 35.1 Å². The van der Waals surface area contributed by atoms with E-state index in [4.69, 9.17) is 4.74 Å². The standard InChI is InChI=1S/C22H29N5O3/c1-3-18(22(29)23-9-6-10-25-11-13-30-14-12-25)27-19-8-5-4-7-17(19)21-24-20(28)15-16(2)26(21)27/h4-5,7-8,15,18H,3,6,9-14H2,1-2H3,(H,23,29)/t18-/m1/s1. The summed E-state index contributed by atoms with van der Waals surface area (Å²) in [6.07, 6.45) is 1.54. The van der Waals surface area contributed by atoms with Gasteiger partial charge in [0, 0.05) is 36.8 Å². The molecular weight excluding hydrogens is 382 g/mol. The maximum Gasteiger partial charge on any atom is 0.273 e. The Kier molecular flexibility index (Phi) is 6.15. The summed E-state index contributed by atoms with van der Waals surface area (Å²) in [5.74, 6) is -0.0137. The van der Waals surface area contributed by atoms with Gasteiger partial charge < -0.3 is 10.1 Å². The van der Waals surface area contributed by atoms with E-state index in [0.29, 0.717) is 18.6 Å². The second kappa shape index (κ2) is 8.97. The molecule has 0 unspecified atom stereocenters. The minimum atomic E-state index is -0.390. The third-order valence-electron chi connectivity index (χ3n) is 5.73. The largest absolute Gasteiger partial charge is 0.379 e. The summed E-state index contributed by atoms with van der Waals surface area (Å²) in [5.41, 5.74) is 1.99. The highest BCUT2D eigenvalue weighted by Crippen LogP contribution is 2.26. The molecule has 0 radical (unpaired) electrons. The molecule has 0 aliphatic carbocycles. The summed E-state index contributed by atoms with van der Waals surface area (Å²) in [6.45, 7) is 8.95. The van der Waals surface area contributed by atoms with Gasteiger partial charge in [-0.2, -0.15) is 4.98 Å². The smallest absolute Gasteiger partial charge is 0.273 e. The van der Waals surface area contributed by atoms with E-state index in [1.54, 1.807) is 0 Å². The van der Waals surface area contributed by atoms with Crippen molar-refractivity contribution in [1.82, 2.24) is 24.4 Å². The molecule has 4 rings (SSSR count). The zero-order valence-corrected chi connectivity index (χ0v) is 17.6. The molecule has 160 valence electrons. The molecule has 1 atom stereocenters. The van der Waals surface area contributed by atoms with Gasteiger partial charge in [0.25, 0.3) is 5.56 Å². The zero-order valence-electron chi connectivity index (χ0n) is 17.6. The van der Waals surface area contributed by atoms with E-state index in [0.717, 1.165) is 55.9 Å². The molecule has 1 fully saturated rings. The molecular formula is C22H29N5O3. The van der Waals surface area contributed by atoms with Crippen LogP contribution in [0.4, 0.5) is 0 Å². The van der Waals surface area contributed by atoms with Gasteiger partial charge in [0.2, 0.25) is 5.91 Å². The second-order valence-corrected chi connectivity index (χ2v) is 7.76. The molecule has 0 bridgehead atoms. The van der Waals surface area contributed by atoms with Crippen LogP contribution in [0.2, 0.25) is 0 Å². The second-order valence-electron chi connectivity index (χ2n) is 7.76. The first-order valence-electron chi connectivity index (χ1n) is 10.7. The Labute approximate surface area is 175 Å². The highest BCUT2D eigenvalue weighted by atomic mass is 16.5. The van der Waals surface area contributed by atoms with Crippen molar-refractivity contribution in [1.29, 1.82) is 0 Å². The number of nitrogens with zero attached hydrogens (tertiary/aromatic N) is 4. The molecule has 1 aliphatic rings. The molecule has 1 saturated heterocycles. The molecule has 1 aromatic carbocycles. The van der Waals surface area contributed by atoms with Crippen LogP contribution in [0, 0.1) is 6.92 Å². The molecule has 0 spiro atoms. The fourth-order valence-electron chi connectivity index (χ4n) is 4.24. The van der Waals surface area contributed by atoms with Crippen LogP contribution >= 0.6 is 0 Å². The summed E-state index contributed by atoms with van der Waals surface area (Å²) in [7, 11) is 0. The number of aryl methyl sites for hydroxylation is 1. The Hall–Kier alpha value is -2.71. The number of carbonyl (C=O) groups is 1. The Morgan fingerprint density at radius 1 is 1.27 bits per heavy atom. The van der Waals surface area contributed by atoms with Gasteiger partial charge in [-0.05, 0) is 38.4 Å². The van der Waals surface area contributed by atoms with Crippen molar-refractivity contribution in [3.05, 3.63) is 46.4 Å². The van der Waals surface area contributed by atoms with Crippen LogP contribution in [0.5, 0.6) is 0 Å². The van der Waals surface area contributed by atoms with Crippen molar-refractivity contribution >= 4 is 22.5 Å². The first kappa shape index (κ1) is 20.6. The molecule has 8 nitrogen and oxygen atoms in total. The van der Waals surface area contributed by atoms with Gasteiger partial charge in [0.1, 0.15) is 6.04 Å². The number of morpholine rings is 1. The van der Waals surface area contributed by atoms with Gasteiger partial charge in [-0.1, -0.05) is 19.1 Å². The monoisotopic (exact) mass is 411 g/mol. The molecule has 1 N–H and O–H groups in total. The third-order valence-corrected chi connectivity index (χ3v) is 5.73. The first-order valence-corrected chi connectivity index (χ1v) is 10.7. The molecule has 3 heterocycles. The van der Waals surface area contributed by atoms with E-state index >= 15 is 0 Å². The molecule has 1 aliphatic heterocycles. The summed E-state index contributed by atoms with van der Waals surface area (Å²) >= 11 is 0. The Bertz CT molecular complexity index is 1100. The van der Waals surface area contributed by atoms with Crippen LogP contribution < -0.4 is 10.9 Å². The van der Waals surface area contributed by atoms with Crippen molar-refractivity contribution in [2.45, 2.75) is 32.7 Å². The van der Waals surface area contributed by atoms with Crippen LogP contribution in [0.1, 0.15) is 31.5 Å². The van der Waals surface area contributed by atoms with Crippen LogP contribution in [0.25, 0.3) is 16.6 Å². The van der Waals surface area contributed by atoms with E-state index in [-0.39, 0.29) is 11.5 Å². The van der Waals surface area contributed by atoms with E-state index in [1.165, 1.54) is 6.07 Å². The van der Waals surface area contributed by atoms with Crippen molar-refractivity contribution in [3.63, 3.8) is 0 Å². The van der Waals surface area contributed by atoms with Crippen molar-refractivity contribution in [2.75, 3.05) is 39.4 Å². The lowest BCUT2D eigenvalue weighted by atomic mass is 10.2. The predicted molar refractivity (Wildman–Crippen MR) is 116 cm³/mol. The zero-order chi connectivity index (χ0) is 21.1. The van der Waals surface area contributed by atoms with Crippen molar-refractivity contribution in [3.8, 4) is 0 Å². The lowest BCUT2D eigenvalue weighted by Crippen LogP contribution is -2.39. The molecule has 3 aromatic rings. The highest BCUT2D eigenvalue weighted by Gasteiger charge is 2.24.